The molecule has 0 aliphatic carbocycles. The van der Waals surface area contributed by atoms with Gasteiger partial charge in [-0.2, -0.15) is 0 Å². The molecule has 1 aromatic rings. The Morgan fingerprint density at radius 1 is 1.33 bits per heavy atom. The van der Waals surface area contributed by atoms with Gasteiger partial charge in [-0.15, -0.1) is 0 Å². The van der Waals surface area contributed by atoms with Gasteiger partial charge in [0.1, 0.15) is 0 Å². The summed E-state index contributed by atoms with van der Waals surface area (Å²) in [6.07, 6.45) is 1.30. The van der Waals surface area contributed by atoms with E-state index < -0.39 is 11.4 Å². The zero-order valence-electron chi connectivity index (χ0n) is 11.5. The third kappa shape index (κ3) is 3.57. The van der Waals surface area contributed by atoms with Crippen LogP contribution in [0.1, 0.15) is 37.8 Å². The molecule has 3 heteroatoms. The summed E-state index contributed by atoms with van der Waals surface area (Å²) in [6.45, 7) is 7.17. The Hall–Kier alpha value is -1.35. The highest BCUT2D eigenvalue weighted by atomic mass is 16.4. The largest absolute Gasteiger partial charge is 0.481 e. The van der Waals surface area contributed by atoms with Crippen LogP contribution in [0.5, 0.6) is 0 Å². The van der Waals surface area contributed by atoms with Gasteiger partial charge in [-0.25, -0.2) is 0 Å². The Bertz CT molecular complexity index is 397. The van der Waals surface area contributed by atoms with Crippen LogP contribution in [0.25, 0.3) is 0 Å². The normalized spacial score (nSPS) is 11.5. The molecule has 0 saturated carbocycles. The second-order valence-corrected chi connectivity index (χ2v) is 4.89. The number of hydrogen-bond donors (Lipinski definition) is 2. The summed E-state index contributed by atoms with van der Waals surface area (Å²) >= 11 is 0. The number of carbonyl (C=O) groups is 1. The fourth-order valence-electron chi connectivity index (χ4n) is 2.15. The molecular weight excluding hydrogens is 226 g/mol. The number of nitrogens with one attached hydrogen (secondary N) is 1. The van der Waals surface area contributed by atoms with Crippen molar-refractivity contribution in [3.63, 3.8) is 0 Å². The minimum atomic E-state index is -0.704. The second-order valence-electron chi connectivity index (χ2n) is 4.89. The fourth-order valence-corrected chi connectivity index (χ4v) is 2.15. The Labute approximate surface area is 109 Å². The first-order valence-electron chi connectivity index (χ1n) is 6.53. The average molecular weight is 249 g/mol. The molecule has 0 aliphatic heterocycles. The number of rotatable bonds is 7. The summed E-state index contributed by atoms with van der Waals surface area (Å²) in [5.74, 6) is -0.704. The predicted molar refractivity (Wildman–Crippen MR) is 73.5 cm³/mol. The van der Waals surface area contributed by atoms with Gasteiger partial charge in [-0.05, 0) is 25.3 Å². The maximum absolute atomic E-state index is 11.3. The monoisotopic (exact) mass is 249 g/mol. The SMILES string of the molecule is CCC(CC)(CNCc1cccc(C)c1)C(=O)O. The Morgan fingerprint density at radius 2 is 2.00 bits per heavy atom. The van der Waals surface area contributed by atoms with Crippen LogP contribution in [0.3, 0.4) is 0 Å². The molecule has 0 saturated heterocycles. The quantitative estimate of drug-likeness (QED) is 0.781. The van der Waals surface area contributed by atoms with E-state index in [2.05, 4.69) is 30.4 Å². The van der Waals surface area contributed by atoms with Crippen LogP contribution in [-0.4, -0.2) is 17.6 Å². The van der Waals surface area contributed by atoms with Crippen molar-refractivity contribution in [3.05, 3.63) is 35.4 Å². The van der Waals surface area contributed by atoms with E-state index in [1.54, 1.807) is 0 Å². The minimum absolute atomic E-state index is 0.517. The smallest absolute Gasteiger partial charge is 0.310 e. The van der Waals surface area contributed by atoms with Gasteiger partial charge in [0, 0.05) is 13.1 Å². The van der Waals surface area contributed by atoms with Gasteiger partial charge in [-0.1, -0.05) is 43.7 Å². The third-order valence-corrected chi connectivity index (χ3v) is 3.68. The van der Waals surface area contributed by atoms with Crippen molar-refractivity contribution in [2.24, 2.45) is 5.41 Å². The van der Waals surface area contributed by atoms with Crippen molar-refractivity contribution in [1.82, 2.24) is 5.32 Å². The van der Waals surface area contributed by atoms with E-state index in [0.717, 1.165) is 6.54 Å². The molecule has 0 bridgehead atoms. The molecule has 3 nitrogen and oxygen atoms in total. The molecule has 0 heterocycles. The lowest BCUT2D eigenvalue weighted by molar-refractivity contribution is -0.149. The summed E-state index contributed by atoms with van der Waals surface area (Å²) in [5, 5.41) is 12.6. The van der Waals surface area contributed by atoms with Crippen molar-refractivity contribution in [3.8, 4) is 0 Å². The van der Waals surface area contributed by atoms with Crippen LogP contribution < -0.4 is 5.32 Å². The first-order valence-corrected chi connectivity index (χ1v) is 6.53. The Kier molecular flexibility index (Phi) is 5.35. The summed E-state index contributed by atoms with van der Waals surface area (Å²) in [5.41, 5.74) is 1.79. The Morgan fingerprint density at radius 3 is 2.50 bits per heavy atom. The molecule has 0 atom stereocenters. The van der Waals surface area contributed by atoms with Gasteiger partial charge in [0.05, 0.1) is 5.41 Å². The second kappa shape index (κ2) is 6.55. The molecule has 0 aliphatic rings. The number of aliphatic carboxylic acids is 1. The average Bonchev–Trinajstić information content (AvgIpc) is 2.35. The number of carboxylic acid groups (broad SMARTS) is 1. The van der Waals surface area contributed by atoms with Crippen molar-refractivity contribution in [2.75, 3.05) is 6.54 Å². The lowest BCUT2D eigenvalue weighted by Gasteiger charge is -2.27. The molecule has 100 valence electrons. The molecule has 2 N–H and O–H groups in total. The highest BCUT2D eigenvalue weighted by Crippen LogP contribution is 2.25. The van der Waals surface area contributed by atoms with Gasteiger partial charge in [0.2, 0.25) is 0 Å². The standard InChI is InChI=1S/C15H23NO2/c1-4-15(5-2,14(17)18)11-16-10-13-8-6-7-12(3)9-13/h6-9,16H,4-5,10-11H2,1-3H3,(H,17,18). The molecular formula is C15H23NO2. The van der Waals surface area contributed by atoms with Crippen LogP contribution >= 0.6 is 0 Å². The molecule has 0 radical (unpaired) electrons. The maximum Gasteiger partial charge on any atom is 0.310 e. The summed E-state index contributed by atoms with van der Waals surface area (Å²) in [6, 6.07) is 8.26. The first kappa shape index (κ1) is 14.7. The van der Waals surface area contributed by atoms with Crippen molar-refractivity contribution in [1.29, 1.82) is 0 Å². The fraction of sp³-hybridized carbons (Fsp3) is 0.533. The molecule has 0 fully saturated rings. The van der Waals surface area contributed by atoms with Crippen LogP contribution in [0.2, 0.25) is 0 Å². The molecule has 0 aromatic heterocycles. The van der Waals surface area contributed by atoms with Gasteiger partial charge in [0.25, 0.3) is 0 Å². The van der Waals surface area contributed by atoms with E-state index >= 15 is 0 Å². The van der Waals surface area contributed by atoms with E-state index in [9.17, 15) is 9.90 Å². The summed E-state index contributed by atoms with van der Waals surface area (Å²) in [7, 11) is 0. The zero-order valence-corrected chi connectivity index (χ0v) is 11.5. The van der Waals surface area contributed by atoms with Crippen LogP contribution in [0, 0.1) is 12.3 Å². The molecule has 0 unspecified atom stereocenters. The maximum atomic E-state index is 11.3. The highest BCUT2D eigenvalue weighted by Gasteiger charge is 2.34. The third-order valence-electron chi connectivity index (χ3n) is 3.68. The molecule has 0 amide bonds. The molecule has 0 spiro atoms. The van der Waals surface area contributed by atoms with Crippen molar-refractivity contribution in [2.45, 2.75) is 40.2 Å². The number of aryl methyl sites for hydroxylation is 1. The number of benzene rings is 1. The molecule has 1 aromatic carbocycles. The first-order chi connectivity index (χ1) is 8.54. The summed E-state index contributed by atoms with van der Waals surface area (Å²) < 4.78 is 0. The Balaban J connectivity index is 2.57. The predicted octanol–water partition coefficient (Wildman–Crippen LogP) is 2.98. The van der Waals surface area contributed by atoms with Crippen molar-refractivity contribution >= 4 is 5.97 Å². The van der Waals surface area contributed by atoms with E-state index in [4.69, 9.17) is 0 Å². The van der Waals surface area contributed by atoms with Crippen molar-refractivity contribution < 1.29 is 9.90 Å². The van der Waals surface area contributed by atoms with E-state index in [-0.39, 0.29) is 0 Å². The van der Waals surface area contributed by atoms with E-state index in [1.807, 2.05) is 19.9 Å². The minimum Gasteiger partial charge on any atom is -0.481 e. The summed E-state index contributed by atoms with van der Waals surface area (Å²) in [4.78, 5) is 11.3. The van der Waals surface area contributed by atoms with Crippen LogP contribution in [0.15, 0.2) is 24.3 Å². The van der Waals surface area contributed by atoms with Gasteiger partial charge in [-0.3, -0.25) is 4.79 Å². The van der Waals surface area contributed by atoms with Crippen LogP contribution in [0.4, 0.5) is 0 Å². The lowest BCUT2D eigenvalue weighted by Crippen LogP contribution is -2.40. The number of hydrogen-bond acceptors (Lipinski definition) is 2. The molecule has 1 rings (SSSR count). The number of carboxylic acids is 1. The molecule has 18 heavy (non-hydrogen) atoms. The zero-order chi connectivity index (χ0) is 13.6. The van der Waals surface area contributed by atoms with E-state index in [1.165, 1.54) is 11.1 Å². The highest BCUT2D eigenvalue weighted by molar-refractivity contribution is 5.74. The van der Waals surface area contributed by atoms with Crippen LogP contribution in [-0.2, 0) is 11.3 Å². The van der Waals surface area contributed by atoms with Gasteiger partial charge in [0.15, 0.2) is 0 Å². The van der Waals surface area contributed by atoms with Gasteiger partial charge < -0.3 is 10.4 Å². The lowest BCUT2D eigenvalue weighted by atomic mass is 9.82. The van der Waals surface area contributed by atoms with Gasteiger partial charge >= 0.3 is 5.97 Å². The topological polar surface area (TPSA) is 49.3 Å². The van der Waals surface area contributed by atoms with E-state index in [0.29, 0.717) is 19.4 Å².